The molecular formula is C20H23N5O4S2. The molecule has 0 bridgehead atoms. The van der Waals surface area contributed by atoms with E-state index in [1.54, 1.807) is 25.2 Å². The van der Waals surface area contributed by atoms with E-state index in [1.165, 1.54) is 29.2 Å². The van der Waals surface area contributed by atoms with Gasteiger partial charge in [-0.05, 0) is 52.0 Å². The van der Waals surface area contributed by atoms with Gasteiger partial charge in [0.1, 0.15) is 5.00 Å². The van der Waals surface area contributed by atoms with Crippen molar-refractivity contribution in [2.45, 2.75) is 56.9 Å². The van der Waals surface area contributed by atoms with Gasteiger partial charge in [0.15, 0.2) is 5.16 Å². The van der Waals surface area contributed by atoms with Crippen molar-refractivity contribution in [3.63, 3.8) is 0 Å². The number of aromatic amines is 1. The van der Waals surface area contributed by atoms with Crippen LogP contribution in [0, 0.1) is 6.92 Å². The zero-order chi connectivity index (χ0) is 22.1. The lowest BCUT2D eigenvalue weighted by Gasteiger charge is -2.13. The molecule has 31 heavy (non-hydrogen) atoms. The van der Waals surface area contributed by atoms with Crippen LogP contribution in [0.15, 0.2) is 16.0 Å². The highest BCUT2D eigenvalue weighted by Crippen LogP contribution is 2.39. The number of H-pyrrole nitrogens is 1. The predicted molar refractivity (Wildman–Crippen MR) is 119 cm³/mol. The van der Waals surface area contributed by atoms with Crippen molar-refractivity contribution in [2.24, 2.45) is 0 Å². The molecule has 1 atom stereocenters. The summed E-state index contributed by atoms with van der Waals surface area (Å²) in [5.41, 5.74) is 1.92. The molecule has 0 fully saturated rings. The van der Waals surface area contributed by atoms with E-state index in [9.17, 15) is 14.4 Å². The Kier molecular flexibility index (Phi) is 6.15. The topological polar surface area (TPSA) is 118 Å². The van der Waals surface area contributed by atoms with Crippen molar-refractivity contribution in [1.82, 2.24) is 19.6 Å². The Bertz CT molecular complexity index is 1210. The van der Waals surface area contributed by atoms with Gasteiger partial charge in [0.25, 0.3) is 5.56 Å². The Hall–Kier alpha value is -2.66. The average Bonchev–Trinajstić information content (AvgIpc) is 3.28. The fourth-order valence-corrected chi connectivity index (χ4v) is 5.83. The summed E-state index contributed by atoms with van der Waals surface area (Å²) < 4.78 is 6.95. The molecule has 0 saturated carbocycles. The Morgan fingerprint density at radius 3 is 2.90 bits per heavy atom. The first kappa shape index (κ1) is 21.6. The molecule has 0 saturated heterocycles. The van der Waals surface area contributed by atoms with Crippen molar-refractivity contribution in [3.8, 4) is 0 Å². The highest BCUT2D eigenvalue weighted by atomic mass is 32.2. The molecule has 3 heterocycles. The molecule has 1 unspecified atom stereocenters. The van der Waals surface area contributed by atoms with E-state index in [2.05, 4.69) is 20.5 Å². The van der Waals surface area contributed by atoms with Gasteiger partial charge in [0, 0.05) is 16.6 Å². The van der Waals surface area contributed by atoms with Crippen molar-refractivity contribution in [3.05, 3.63) is 38.1 Å². The summed E-state index contributed by atoms with van der Waals surface area (Å²) >= 11 is 2.69. The average molecular weight is 462 g/mol. The number of aromatic nitrogens is 4. The van der Waals surface area contributed by atoms with E-state index in [0.29, 0.717) is 27.2 Å². The second-order valence-electron chi connectivity index (χ2n) is 7.30. The van der Waals surface area contributed by atoms with Crippen molar-refractivity contribution in [2.75, 3.05) is 11.9 Å². The van der Waals surface area contributed by atoms with Gasteiger partial charge in [-0.2, -0.15) is 0 Å². The maximum absolute atomic E-state index is 13.0. The molecule has 1 amide bonds. The number of hydrogen-bond donors (Lipinski definition) is 2. The van der Waals surface area contributed by atoms with Crippen LogP contribution in [0.4, 0.5) is 5.00 Å². The zero-order valence-electron chi connectivity index (χ0n) is 17.5. The van der Waals surface area contributed by atoms with Gasteiger partial charge in [0.05, 0.1) is 17.4 Å². The minimum atomic E-state index is -0.507. The Morgan fingerprint density at radius 2 is 2.13 bits per heavy atom. The molecule has 9 nitrogen and oxygen atoms in total. The molecule has 2 N–H and O–H groups in total. The van der Waals surface area contributed by atoms with Gasteiger partial charge < -0.3 is 10.1 Å². The fourth-order valence-electron chi connectivity index (χ4n) is 3.64. The molecule has 164 valence electrons. The minimum Gasteiger partial charge on any atom is -0.462 e. The second kappa shape index (κ2) is 8.83. The third-order valence-corrected chi connectivity index (χ3v) is 7.35. The quantitative estimate of drug-likeness (QED) is 0.428. The molecule has 4 rings (SSSR count). The molecule has 0 aliphatic heterocycles. The lowest BCUT2D eigenvalue weighted by Crippen LogP contribution is -2.23. The first-order chi connectivity index (χ1) is 14.9. The number of nitrogens with zero attached hydrogens (tertiary/aromatic N) is 3. The SMILES string of the molecule is CCOC(=O)c1c(NC(=O)C(C)Sc2nnc3[nH]c(=O)cc(C)n23)sc2c1CCCC2. The van der Waals surface area contributed by atoms with E-state index in [1.807, 2.05) is 0 Å². The molecule has 0 spiro atoms. The Labute approximate surface area is 186 Å². The van der Waals surface area contributed by atoms with Crippen LogP contribution in [0.1, 0.15) is 53.2 Å². The zero-order valence-corrected chi connectivity index (χ0v) is 19.1. The number of amides is 1. The fraction of sp³-hybridized carbons (Fsp3) is 0.450. The molecular weight excluding hydrogens is 438 g/mol. The van der Waals surface area contributed by atoms with Crippen molar-refractivity contribution >= 4 is 45.8 Å². The normalized spacial score (nSPS) is 14.3. The number of aryl methyl sites for hydroxylation is 2. The maximum Gasteiger partial charge on any atom is 0.341 e. The molecule has 0 radical (unpaired) electrons. The van der Waals surface area contributed by atoms with Crippen LogP contribution < -0.4 is 10.9 Å². The smallest absolute Gasteiger partial charge is 0.341 e. The van der Waals surface area contributed by atoms with Crippen LogP contribution in [-0.2, 0) is 22.4 Å². The summed E-state index contributed by atoms with van der Waals surface area (Å²) in [7, 11) is 0. The second-order valence-corrected chi connectivity index (χ2v) is 9.71. The number of esters is 1. The number of hydrogen-bond acceptors (Lipinski definition) is 8. The number of thioether (sulfide) groups is 1. The number of rotatable bonds is 6. The number of fused-ring (bicyclic) bond motifs is 2. The number of carbonyl (C=O) groups excluding carboxylic acids is 2. The van der Waals surface area contributed by atoms with Crippen molar-refractivity contribution in [1.29, 1.82) is 0 Å². The lowest BCUT2D eigenvalue weighted by atomic mass is 9.95. The molecule has 11 heteroatoms. The van der Waals surface area contributed by atoms with E-state index in [4.69, 9.17) is 4.74 Å². The lowest BCUT2D eigenvalue weighted by molar-refractivity contribution is -0.115. The van der Waals surface area contributed by atoms with Gasteiger partial charge in [-0.25, -0.2) is 4.79 Å². The van der Waals surface area contributed by atoms with E-state index in [0.717, 1.165) is 36.1 Å². The molecule has 3 aromatic heterocycles. The number of anilines is 1. The summed E-state index contributed by atoms with van der Waals surface area (Å²) in [6, 6.07) is 1.45. The van der Waals surface area contributed by atoms with Crippen LogP contribution >= 0.6 is 23.1 Å². The van der Waals surface area contributed by atoms with E-state index in [-0.39, 0.29) is 24.0 Å². The number of ether oxygens (including phenoxy) is 1. The number of thiophene rings is 1. The molecule has 1 aliphatic rings. The largest absolute Gasteiger partial charge is 0.462 e. The van der Waals surface area contributed by atoms with Crippen LogP contribution in [0.3, 0.4) is 0 Å². The molecule has 0 aromatic carbocycles. The van der Waals surface area contributed by atoms with Gasteiger partial charge in [0.2, 0.25) is 11.7 Å². The standard InChI is InChI=1S/C20H23N5O4S2/c1-4-29-18(28)15-12-7-5-6-8-13(12)31-17(15)22-16(27)11(3)30-20-24-23-19-21-14(26)9-10(2)25(19)20/h9,11H,4-8H2,1-3H3,(H,22,27)(H,21,23,26). The van der Waals surface area contributed by atoms with E-state index >= 15 is 0 Å². The van der Waals surface area contributed by atoms with Gasteiger partial charge in [-0.1, -0.05) is 11.8 Å². The Balaban J connectivity index is 1.57. The van der Waals surface area contributed by atoms with Crippen LogP contribution in [0.25, 0.3) is 5.78 Å². The van der Waals surface area contributed by atoms with Crippen molar-refractivity contribution < 1.29 is 14.3 Å². The number of nitrogens with one attached hydrogen (secondary N) is 2. The Morgan fingerprint density at radius 1 is 1.35 bits per heavy atom. The molecule has 1 aliphatic carbocycles. The monoisotopic (exact) mass is 461 g/mol. The third-order valence-electron chi connectivity index (χ3n) is 5.10. The van der Waals surface area contributed by atoms with Gasteiger partial charge in [-0.3, -0.25) is 19.0 Å². The summed E-state index contributed by atoms with van der Waals surface area (Å²) in [4.78, 5) is 41.0. The third kappa shape index (κ3) is 4.24. The van der Waals surface area contributed by atoms with Gasteiger partial charge in [-0.15, -0.1) is 21.5 Å². The first-order valence-corrected chi connectivity index (χ1v) is 11.8. The van der Waals surface area contributed by atoms with E-state index < -0.39 is 5.25 Å². The van der Waals surface area contributed by atoms with Crippen LogP contribution in [0.5, 0.6) is 0 Å². The van der Waals surface area contributed by atoms with Gasteiger partial charge >= 0.3 is 5.97 Å². The van der Waals surface area contributed by atoms with Crippen LogP contribution in [-0.4, -0.2) is 43.3 Å². The minimum absolute atomic E-state index is 0.243. The first-order valence-electron chi connectivity index (χ1n) is 10.1. The highest BCUT2D eigenvalue weighted by Gasteiger charge is 2.28. The highest BCUT2D eigenvalue weighted by molar-refractivity contribution is 8.00. The predicted octanol–water partition coefficient (Wildman–Crippen LogP) is 2.96. The summed E-state index contributed by atoms with van der Waals surface area (Å²) in [5, 5.41) is 11.6. The molecule has 3 aromatic rings. The summed E-state index contributed by atoms with van der Waals surface area (Å²) in [5.74, 6) is -0.302. The summed E-state index contributed by atoms with van der Waals surface area (Å²) in [6.45, 7) is 5.60. The number of carbonyl (C=O) groups is 2. The summed E-state index contributed by atoms with van der Waals surface area (Å²) in [6.07, 6.45) is 3.84. The maximum atomic E-state index is 13.0. The van der Waals surface area contributed by atoms with Crippen LogP contribution in [0.2, 0.25) is 0 Å².